The van der Waals surface area contributed by atoms with Gasteiger partial charge in [-0.2, -0.15) is 0 Å². The molecule has 3 aromatic heterocycles. The van der Waals surface area contributed by atoms with Crippen LogP contribution in [0.2, 0.25) is 0 Å². The van der Waals surface area contributed by atoms with Crippen molar-refractivity contribution in [3.63, 3.8) is 0 Å². The zero-order chi connectivity index (χ0) is 25.2. The number of aryl methyl sites for hydroxylation is 1. The molecule has 1 aliphatic heterocycles. The molecule has 0 spiro atoms. The van der Waals surface area contributed by atoms with Crippen LogP contribution in [0.3, 0.4) is 0 Å². The lowest BCUT2D eigenvalue weighted by molar-refractivity contribution is -0.118. The molecular weight excluding hydrogens is 468 g/mol. The zero-order valence-corrected chi connectivity index (χ0v) is 21.2. The van der Waals surface area contributed by atoms with Crippen molar-refractivity contribution in [2.75, 3.05) is 10.2 Å². The van der Waals surface area contributed by atoms with Gasteiger partial charge in [0.1, 0.15) is 6.04 Å². The first-order chi connectivity index (χ1) is 17.4. The summed E-state index contributed by atoms with van der Waals surface area (Å²) >= 11 is 5.89. The summed E-state index contributed by atoms with van der Waals surface area (Å²) in [6, 6.07) is 19.8. The maximum absolute atomic E-state index is 12.3. The number of carbonyl (C=O) groups excluding carboxylic acids is 1. The monoisotopic (exact) mass is 496 g/mol. The minimum absolute atomic E-state index is 0.00696. The third kappa shape index (κ3) is 4.47. The van der Waals surface area contributed by atoms with Gasteiger partial charge < -0.3 is 20.1 Å². The summed E-state index contributed by atoms with van der Waals surface area (Å²) in [5.74, 6) is -0.101. The molecule has 0 aliphatic carbocycles. The fraction of sp³-hybridized carbons (Fsp3) is 0.214. The van der Waals surface area contributed by atoms with Crippen LogP contribution in [-0.2, 0) is 4.79 Å². The van der Waals surface area contributed by atoms with Crippen molar-refractivity contribution in [2.45, 2.75) is 32.9 Å². The Morgan fingerprint density at radius 2 is 1.83 bits per heavy atom. The molecule has 0 bridgehead atoms. The fourth-order valence-corrected chi connectivity index (χ4v) is 4.87. The summed E-state index contributed by atoms with van der Waals surface area (Å²) in [7, 11) is 0. The highest BCUT2D eigenvalue weighted by Gasteiger charge is 2.42. The summed E-state index contributed by atoms with van der Waals surface area (Å²) in [5.41, 5.74) is 5.71. The standard InChI is InChI=1S/C28H28N6OS/c1-18(2)27(35)31-22-10-9-21(17-19(22)3)34-26(25(32-28(34)36)23-7-4-5-13-30-23)24-8-6-16-33(24)20-11-14-29-15-12-20/h4-18,25-26H,1-3H3,(H,31,35)(H,32,36)/t25-,26+/m0/s1. The van der Waals surface area contributed by atoms with Crippen LogP contribution in [0, 0.1) is 12.8 Å². The highest BCUT2D eigenvalue weighted by atomic mass is 32.1. The van der Waals surface area contributed by atoms with Gasteiger partial charge in [-0.25, -0.2) is 0 Å². The van der Waals surface area contributed by atoms with Gasteiger partial charge >= 0.3 is 0 Å². The van der Waals surface area contributed by atoms with Crippen LogP contribution in [0.25, 0.3) is 5.69 Å². The molecule has 0 saturated carbocycles. The minimum atomic E-state index is -0.161. The molecular formula is C28H28N6OS. The molecule has 1 aromatic carbocycles. The van der Waals surface area contributed by atoms with E-state index in [1.165, 1.54) is 0 Å². The molecule has 1 saturated heterocycles. The lowest BCUT2D eigenvalue weighted by Gasteiger charge is -2.29. The van der Waals surface area contributed by atoms with Crippen molar-refractivity contribution in [1.82, 2.24) is 19.9 Å². The number of thiocarbonyl (C=S) groups is 1. The summed E-state index contributed by atoms with van der Waals surface area (Å²) in [5, 5.41) is 7.15. The SMILES string of the molecule is Cc1cc(N2C(=S)N[C@@H](c3ccccn3)[C@H]2c2cccn2-c2ccncc2)ccc1NC(=O)C(C)C. The van der Waals surface area contributed by atoms with Crippen LogP contribution in [0.1, 0.15) is 42.9 Å². The van der Waals surface area contributed by atoms with E-state index in [4.69, 9.17) is 12.2 Å². The van der Waals surface area contributed by atoms with E-state index >= 15 is 0 Å². The van der Waals surface area contributed by atoms with E-state index in [0.29, 0.717) is 5.11 Å². The fourth-order valence-electron chi connectivity index (χ4n) is 4.52. The molecule has 5 rings (SSSR count). The quantitative estimate of drug-likeness (QED) is 0.351. The molecule has 182 valence electrons. The topological polar surface area (TPSA) is 75.1 Å². The number of carbonyl (C=O) groups is 1. The number of pyridine rings is 2. The second kappa shape index (κ2) is 9.91. The lowest BCUT2D eigenvalue weighted by atomic mass is 10.00. The molecule has 4 heterocycles. The molecule has 0 unspecified atom stereocenters. The third-order valence-corrected chi connectivity index (χ3v) is 6.71. The Hall–Kier alpha value is -4.04. The van der Waals surface area contributed by atoms with E-state index in [0.717, 1.165) is 34.0 Å². The number of hydrogen-bond donors (Lipinski definition) is 2. The summed E-state index contributed by atoms with van der Waals surface area (Å²) in [6.45, 7) is 5.76. The average Bonchev–Trinajstić information content (AvgIpc) is 3.50. The van der Waals surface area contributed by atoms with Crippen LogP contribution >= 0.6 is 12.2 Å². The molecule has 1 aliphatic rings. The number of nitrogens with one attached hydrogen (secondary N) is 2. The molecule has 36 heavy (non-hydrogen) atoms. The van der Waals surface area contributed by atoms with Gasteiger partial charge in [-0.15, -0.1) is 0 Å². The van der Waals surface area contributed by atoms with E-state index in [-0.39, 0.29) is 23.9 Å². The normalized spacial score (nSPS) is 17.3. The Bertz CT molecular complexity index is 1390. The maximum atomic E-state index is 12.3. The van der Waals surface area contributed by atoms with Crippen molar-refractivity contribution < 1.29 is 4.79 Å². The highest BCUT2D eigenvalue weighted by molar-refractivity contribution is 7.80. The Morgan fingerprint density at radius 3 is 2.53 bits per heavy atom. The van der Waals surface area contributed by atoms with Gasteiger partial charge in [0.25, 0.3) is 0 Å². The van der Waals surface area contributed by atoms with Crippen molar-refractivity contribution in [3.8, 4) is 5.69 Å². The minimum Gasteiger partial charge on any atom is -0.351 e. The van der Waals surface area contributed by atoms with Gasteiger partial charge in [0.05, 0.1) is 11.7 Å². The lowest BCUT2D eigenvalue weighted by Crippen LogP contribution is -2.30. The first kappa shape index (κ1) is 23.7. The maximum Gasteiger partial charge on any atom is 0.226 e. The second-order valence-corrected chi connectivity index (χ2v) is 9.53. The second-order valence-electron chi connectivity index (χ2n) is 9.15. The Balaban J connectivity index is 1.59. The van der Waals surface area contributed by atoms with Gasteiger partial charge in [0.2, 0.25) is 5.91 Å². The number of nitrogens with zero attached hydrogens (tertiary/aromatic N) is 4. The summed E-state index contributed by atoms with van der Waals surface area (Å²) < 4.78 is 2.16. The van der Waals surface area contributed by atoms with Crippen LogP contribution in [0.15, 0.2) is 85.5 Å². The average molecular weight is 497 g/mol. The molecule has 0 radical (unpaired) electrons. The molecule has 2 N–H and O–H groups in total. The van der Waals surface area contributed by atoms with E-state index in [1.54, 1.807) is 18.6 Å². The first-order valence-corrected chi connectivity index (χ1v) is 12.3. The first-order valence-electron chi connectivity index (χ1n) is 11.9. The number of amides is 1. The van der Waals surface area contributed by atoms with E-state index in [9.17, 15) is 4.79 Å². The van der Waals surface area contributed by atoms with Crippen LogP contribution < -0.4 is 15.5 Å². The van der Waals surface area contributed by atoms with Gasteiger partial charge in [-0.05, 0) is 79.3 Å². The Kier molecular flexibility index (Phi) is 6.52. The van der Waals surface area contributed by atoms with Crippen molar-refractivity contribution >= 4 is 34.6 Å². The Morgan fingerprint density at radius 1 is 1.03 bits per heavy atom. The van der Waals surface area contributed by atoms with Crippen LogP contribution in [0.4, 0.5) is 11.4 Å². The number of benzene rings is 1. The molecule has 1 fully saturated rings. The van der Waals surface area contributed by atoms with Gasteiger partial charge in [-0.1, -0.05) is 19.9 Å². The largest absolute Gasteiger partial charge is 0.351 e. The van der Waals surface area contributed by atoms with Gasteiger partial charge in [0.15, 0.2) is 5.11 Å². The van der Waals surface area contributed by atoms with Crippen molar-refractivity contribution in [1.29, 1.82) is 0 Å². The van der Waals surface area contributed by atoms with E-state index in [2.05, 4.69) is 48.4 Å². The van der Waals surface area contributed by atoms with Gasteiger partial charge in [-0.3, -0.25) is 14.8 Å². The molecule has 2 atom stereocenters. The van der Waals surface area contributed by atoms with Crippen LogP contribution in [0.5, 0.6) is 0 Å². The molecule has 8 heteroatoms. The number of aromatic nitrogens is 3. The summed E-state index contributed by atoms with van der Waals surface area (Å²) in [4.78, 5) is 23.2. The highest BCUT2D eigenvalue weighted by Crippen LogP contribution is 2.42. The molecule has 7 nitrogen and oxygen atoms in total. The predicted molar refractivity (Wildman–Crippen MR) is 146 cm³/mol. The van der Waals surface area contributed by atoms with E-state index < -0.39 is 0 Å². The molecule has 1 amide bonds. The summed E-state index contributed by atoms with van der Waals surface area (Å²) in [6.07, 6.45) is 7.43. The van der Waals surface area contributed by atoms with Gasteiger partial charge in [0, 0.05) is 53.5 Å². The van der Waals surface area contributed by atoms with Crippen molar-refractivity contribution in [2.24, 2.45) is 5.92 Å². The van der Waals surface area contributed by atoms with Crippen LogP contribution in [-0.4, -0.2) is 25.6 Å². The Labute approximate surface area is 216 Å². The number of anilines is 2. The van der Waals surface area contributed by atoms with E-state index in [1.807, 2.05) is 69.3 Å². The number of hydrogen-bond acceptors (Lipinski definition) is 4. The van der Waals surface area contributed by atoms with Crippen molar-refractivity contribution in [3.05, 3.63) is 102 Å². The zero-order valence-electron chi connectivity index (χ0n) is 20.4. The third-order valence-electron chi connectivity index (χ3n) is 6.39. The smallest absolute Gasteiger partial charge is 0.226 e. The number of rotatable bonds is 6. The molecule has 4 aromatic rings. The predicted octanol–water partition coefficient (Wildman–Crippen LogP) is 5.35.